The van der Waals surface area contributed by atoms with Crippen molar-refractivity contribution in [2.24, 2.45) is 0 Å². The van der Waals surface area contributed by atoms with E-state index in [9.17, 15) is 9.59 Å². The SMILES string of the molecule is COC(=O)c1c(-c2ccc(-c3ccc(Br)cn3)cc2)nn(-c2ccccc2)c1C(=O)OC. The number of esters is 2. The zero-order valence-corrected chi connectivity index (χ0v) is 18.9. The lowest BCUT2D eigenvalue weighted by atomic mass is 10.0. The normalized spacial score (nSPS) is 10.6. The Kier molecular flexibility index (Phi) is 6.13. The van der Waals surface area contributed by atoms with E-state index in [0.29, 0.717) is 16.9 Å². The minimum absolute atomic E-state index is 0.000738. The van der Waals surface area contributed by atoms with E-state index >= 15 is 0 Å². The van der Waals surface area contributed by atoms with Gasteiger partial charge in [-0.1, -0.05) is 42.5 Å². The molecule has 0 bridgehead atoms. The molecule has 0 amide bonds. The number of aromatic nitrogens is 3. The van der Waals surface area contributed by atoms with Crippen LogP contribution >= 0.6 is 15.9 Å². The number of pyridine rings is 1. The highest BCUT2D eigenvalue weighted by Gasteiger charge is 2.31. The number of para-hydroxylation sites is 1. The monoisotopic (exact) mass is 491 g/mol. The molecule has 0 aliphatic rings. The lowest BCUT2D eigenvalue weighted by Gasteiger charge is -2.07. The summed E-state index contributed by atoms with van der Waals surface area (Å²) in [4.78, 5) is 29.8. The van der Waals surface area contributed by atoms with Gasteiger partial charge in [-0.05, 0) is 40.2 Å². The number of carbonyl (C=O) groups excluding carboxylic acids is 2. The van der Waals surface area contributed by atoms with Gasteiger partial charge in [-0.3, -0.25) is 4.98 Å². The van der Waals surface area contributed by atoms with E-state index in [0.717, 1.165) is 15.7 Å². The van der Waals surface area contributed by atoms with Crippen LogP contribution in [0.2, 0.25) is 0 Å². The van der Waals surface area contributed by atoms with Crippen LogP contribution in [0.15, 0.2) is 77.4 Å². The first-order valence-corrected chi connectivity index (χ1v) is 10.4. The summed E-state index contributed by atoms with van der Waals surface area (Å²) in [5.41, 5.74) is 3.31. The van der Waals surface area contributed by atoms with E-state index in [1.54, 1.807) is 18.3 Å². The number of rotatable bonds is 5. The van der Waals surface area contributed by atoms with Crippen molar-refractivity contribution in [2.45, 2.75) is 0 Å². The van der Waals surface area contributed by atoms with Crippen LogP contribution < -0.4 is 0 Å². The molecule has 2 aromatic carbocycles. The van der Waals surface area contributed by atoms with Crippen LogP contribution in [0.3, 0.4) is 0 Å². The Morgan fingerprint density at radius 3 is 2.09 bits per heavy atom. The largest absolute Gasteiger partial charge is 0.465 e. The van der Waals surface area contributed by atoms with Crippen LogP contribution in [0.1, 0.15) is 20.8 Å². The first kappa shape index (κ1) is 21.5. The number of halogens is 1. The van der Waals surface area contributed by atoms with Crippen molar-refractivity contribution in [1.29, 1.82) is 0 Å². The van der Waals surface area contributed by atoms with Gasteiger partial charge in [0.2, 0.25) is 0 Å². The molecule has 0 aliphatic heterocycles. The third kappa shape index (κ3) is 4.04. The van der Waals surface area contributed by atoms with E-state index < -0.39 is 11.9 Å². The molecule has 0 aliphatic carbocycles. The standard InChI is InChI=1S/C24H18BrN3O4/c1-31-23(29)20-21(16-10-8-15(9-11-16)19-13-12-17(25)14-26-19)27-28(22(20)24(30)32-2)18-6-4-3-5-7-18/h3-14H,1-2H3. The Balaban J connectivity index is 1.88. The molecule has 160 valence electrons. The Hall–Kier alpha value is -3.78. The summed E-state index contributed by atoms with van der Waals surface area (Å²) < 4.78 is 12.2. The van der Waals surface area contributed by atoms with Crippen molar-refractivity contribution in [1.82, 2.24) is 14.8 Å². The van der Waals surface area contributed by atoms with Gasteiger partial charge < -0.3 is 9.47 Å². The van der Waals surface area contributed by atoms with E-state index in [2.05, 4.69) is 26.0 Å². The molecule has 7 nitrogen and oxygen atoms in total. The fraction of sp³-hybridized carbons (Fsp3) is 0.0833. The molecule has 2 aromatic heterocycles. The van der Waals surface area contributed by atoms with Crippen molar-refractivity contribution in [3.8, 4) is 28.2 Å². The molecule has 0 fully saturated rings. The average molecular weight is 492 g/mol. The zero-order chi connectivity index (χ0) is 22.7. The van der Waals surface area contributed by atoms with Crippen molar-refractivity contribution in [3.05, 3.63) is 88.7 Å². The molecule has 8 heteroatoms. The highest BCUT2D eigenvalue weighted by atomic mass is 79.9. The summed E-state index contributed by atoms with van der Waals surface area (Å²) in [5, 5.41) is 4.60. The number of nitrogens with zero attached hydrogens (tertiary/aromatic N) is 3. The number of hydrogen-bond donors (Lipinski definition) is 0. The van der Waals surface area contributed by atoms with Gasteiger partial charge >= 0.3 is 11.9 Å². The zero-order valence-electron chi connectivity index (χ0n) is 17.3. The van der Waals surface area contributed by atoms with Crippen molar-refractivity contribution >= 4 is 27.9 Å². The molecule has 0 saturated heterocycles. The molecular weight excluding hydrogens is 474 g/mol. The van der Waals surface area contributed by atoms with Crippen molar-refractivity contribution in [3.63, 3.8) is 0 Å². The Bertz CT molecular complexity index is 1270. The highest BCUT2D eigenvalue weighted by molar-refractivity contribution is 9.10. The van der Waals surface area contributed by atoms with Crippen LogP contribution in [0, 0.1) is 0 Å². The Morgan fingerprint density at radius 2 is 1.50 bits per heavy atom. The summed E-state index contributed by atoms with van der Waals surface area (Å²) in [7, 11) is 2.51. The van der Waals surface area contributed by atoms with Crippen LogP contribution in [-0.4, -0.2) is 40.9 Å². The molecule has 2 heterocycles. The summed E-state index contributed by atoms with van der Waals surface area (Å²) in [6, 6.07) is 20.3. The van der Waals surface area contributed by atoms with E-state index in [1.807, 2.05) is 54.6 Å². The number of benzene rings is 2. The summed E-state index contributed by atoms with van der Waals surface area (Å²) in [6.07, 6.45) is 1.72. The maximum atomic E-state index is 12.7. The van der Waals surface area contributed by atoms with Crippen LogP contribution in [-0.2, 0) is 9.47 Å². The fourth-order valence-electron chi connectivity index (χ4n) is 3.30. The second kappa shape index (κ2) is 9.15. The highest BCUT2D eigenvalue weighted by Crippen LogP contribution is 2.30. The van der Waals surface area contributed by atoms with E-state index in [1.165, 1.54) is 18.9 Å². The lowest BCUT2D eigenvalue weighted by Crippen LogP contribution is -2.15. The molecule has 0 spiro atoms. The minimum atomic E-state index is -0.691. The molecule has 0 N–H and O–H groups in total. The average Bonchev–Trinajstić information content (AvgIpc) is 3.25. The third-order valence-corrected chi connectivity index (χ3v) is 5.31. The van der Waals surface area contributed by atoms with Crippen LogP contribution in [0.25, 0.3) is 28.2 Å². The van der Waals surface area contributed by atoms with Gasteiger partial charge in [-0.2, -0.15) is 5.10 Å². The minimum Gasteiger partial charge on any atom is -0.465 e. The smallest absolute Gasteiger partial charge is 0.357 e. The maximum absolute atomic E-state index is 12.7. The van der Waals surface area contributed by atoms with Crippen molar-refractivity contribution < 1.29 is 19.1 Å². The van der Waals surface area contributed by atoms with Gasteiger partial charge in [0.15, 0.2) is 5.69 Å². The van der Waals surface area contributed by atoms with Gasteiger partial charge in [0, 0.05) is 21.8 Å². The number of methoxy groups -OCH3 is 2. The fourth-order valence-corrected chi connectivity index (χ4v) is 3.54. The van der Waals surface area contributed by atoms with Crippen molar-refractivity contribution in [2.75, 3.05) is 14.2 Å². The molecule has 32 heavy (non-hydrogen) atoms. The van der Waals surface area contributed by atoms with Gasteiger partial charge in [-0.15, -0.1) is 0 Å². The second-order valence-corrected chi connectivity index (χ2v) is 7.66. The third-order valence-electron chi connectivity index (χ3n) is 4.84. The number of hydrogen-bond acceptors (Lipinski definition) is 6. The first-order valence-electron chi connectivity index (χ1n) is 9.61. The van der Waals surface area contributed by atoms with Gasteiger partial charge in [0.05, 0.1) is 25.6 Å². The van der Waals surface area contributed by atoms with Gasteiger partial charge in [0.25, 0.3) is 0 Å². The number of carbonyl (C=O) groups is 2. The summed E-state index contributed by atoms with van der Waals surface area (Å²) >= 11 is 3.38. The topological polar surface area (TPSA) is 83.3 Å². The quantitative estimate of drug-likeness (QED) is 0.367. The van der Waals surface area contributed by atoms with Gasteiger partial charge in [0.1, 0.15) is 11.3 Å². The second-order valence-electron chi connectivity index (χ2n) is 6.74. The molecule has 0 saturated carbocycles. The van der Waals surface area contributed by atoms with E-state index in [4.69, 9.17) is 9.47 Å². The van der Waals surface area contributed by atoms with E-state index in [-0.39, 0.29) is 11.3 Å². The van der Waals surface area contributed by atoms with Gasteiger partial charge in [-0.25, -0.2) is 14.3 Å². The first-order chi connectivity index (χ1) is 15.5. The molecule has 0 atom stereocenters. The Labute approximate surface area is 192 Å². The molecule has 0 unspecified atom stereocenters. The molecular formula is C24H18BrN3O4. The predicted molar refractivity (Wildman–Crippen MR) is 123 cm³/mol. The molecule has 4 rings (SSSR count). The molecule has 0 radical (unpaired) electrons. The summed E-state index contributed by atoms with van der Waals surface area (Å²) in [5.74, 6) is -1.37. The molecule has 4 aromatic rings. The lowest BCUT2D eigenvalue weighted by molar-refractivity contribution is 0.0549. The Morgan fingerprint density at radius 1 is 0.844 bits per heavy atom. The predicted octanol–water partition coefficient (Wildman–Crippen LogP) is 4.94. The number of ether oxygens (including phenoxy) is 2. The van der Waals surface area contributed by atoms with Crippen LogP contribution in [0.5, 0.6) is 0 Å². The maximum Gasteiger partial charge on any atom is 0.357 e. The van der Waals surface area contributed by atoms with Crippen LogP contribution in [0.4, 0.5) is 0 Å². The summed E-state index contributed by atoms with van der Waals surface area (Å²) in [6.45, 7) is 0.